The standard InChI is InChI=1S/C9H15F3N2O/c10-9(11,12)4-2-6-14-8(15)7-3-1-5-13-7/h7,13H,1-6H2,(H,14,15)/t7-/m0/s1. The van der Waals surface area contributed by atoms with Crippen molar-refractivity contribution in [2.75, 3.05) is 13.1 Å². The minimum atomic E-state index is -4.13. The van der Waals surface area contributed by atoms with Crippen LogP contribution >= 0.6 is 0 Å². The summed E-state index contributed by atoms with van der Waals surface area (Å²) in [7, 11) is 0. The van der Waals surface area contributed by atoms with Crippen molar-refractivity contribution in [1.29, 1.82) is 0 Å². The van der Waals surface area contributed by atoms with Crippen LogP contribution in [0.15, 0.2) is 0 Å². The third kappa shape index (κ3) is 5.01. The Labute approximate surface area is 86.4 Å². The van der Waals surface area contributed by atoms with Gasteiger partial charge < -0.3 is 10.6 Å². The Hall–Kier alpha value is -0.780. The Morgan fingerprint density at radius 2 is 2.20 bits per heavy atom. The predicted molar refractivity (Wildman–Crippen MR) is 49.3 cm³/mol. The zero-order chi connectivity index (χ0) is 11.3. The van der Waals surface area contributed by atoms with Gasteiger partial charge in [-0.2, -0.15) is 13.2 Å². The molecule has 0 radical (unpaired) electrons. The lowest BCUT2D eigenvalue weighted by atomic mass is 10.2. The van der Waals surface area contributed by atoms with Crippen molar-refractivity contribution in [3.8, 4) is 0 Å². The molecule has 2 N–H and O–H groups in total. The summed E-state index contributed by atoms with van der Waals surface area (Å²) in [6, 6.07) is -0.212. The fourth-order valence-corrected chi connectivity index (χ4v) is 1.53. The number of nitrogens with one attached hydrogen (secondary N) is 2. The first-order valence-electron chi connectivity index (χ1n) is 5.07. The molecule has 1 heterocycles. The summed E-state index contributed by atoms with van der Waals surface area (Å²) in [6.07, 6.45) is -3.31. The van der Waals surface area contributed by atoms with E-state index in [1.807, 2.05) is 0 Å². The van der Waals surface area contributed by atoms with E-state index in [9.17, 15) is 18.0 Å². The van der Waals surface area contributed by atoms with E-state index < -0.39 is 12.6 Å². The lowest BCUT2D eigenvalue weighted by Gasteiger charge is -2.11. The van der Waals surface area contributed by atoms with Crippen molar-refractivity contribution in [3.63, 3.8) is 0 Å². The first kappa shape index (κ1) is 12.3. The molecule has 0 spiro atoms. The third-order valence-electron chi connectivity index (χ3n) is 2.31. The smallest absolute Gasteiger partial charge is 0.355 e. The SMILES string of the molecule is O=C(NCCCC(F)(F)F)[C@@H]1CCCN1. The summed E-state index contributed by atoms with van der Waals surface area (Å²) in [4.78, 5) is 11.3. The summed E-state index contributed by atoms with van der Waals surface area (Å²) in [5, 5.41) is 5.47. The van der Waals surface area contributed by atoms with Gasteiger partial charge in [-0.1, -0.05) is 0 Å². The Morgan fingerprint density at radius 3 is 2.73 bits per heavy atom. The van der Waals surface area contributed by atoms with Gasteiger partial charge in [0.1, 0.15) is 0 Å². The number of carbonyl (C=O) groups is 1. The third-order valence-corrected chi connectivity index (χ3v) is 2.31. The highest BCUT2D eigenvalue weighted by Crippen LogP contribution is 2.20. The number of hydrogen-bond donors (Lipinski definition) is 2. The number of halogens is 3. The van der Waals surface area contributed by atoms with E-state index in [0.717, 1.165) is 19.4 Å². The molecule has 1 aliphatic heterocycles. The van der Waals surface area contributed by atoms with Crippen LogP contribution in [0.2, 0.25) is 0 Å². The molecule has 15 heavy (non-hydrogen) atoms. The molecule has 0 aliphatic carbocycles. The van der Waals surface area contributed by atoms with Gasteiger partial charge in [0, 0.05) is 13.0 Å². The molecule has 0 aromatic rings. The fourth-order valence-electron chi connectivity index (χ4n) is 1.53. The summed E-state index contributed by atoms with van der Waals surface area (Å²) >= 11 is 0. The summed E-state index contributed by atoms with van der Waals surface area (Å²) in [5.74, 6) is -0.185. The van der Waals surface area contributed by atoms with E-state index in [4.69, 9.17) is 0 Å². The van der Waals surface area contributed by atoms with Crippen LogP contribution in [0.5, 0.6) is 0 Å². The minimum Gasteiger partial charge on any atom is -0.355 e. The monoisotopic (exact) mass is 224 g/mol. The van der Waals surface area contributed by atoms with Crippen LogP contribution in [0.4, 0.5) is 13.2 Å². The molecule has 3 nitrogen and oxygen atoms in total. The van der Waals surface area contributed by atoms with Crippen LogP contribution in [0.25, 0.3) is 0 Å². The van der Waals surface area contributed by atoms with Crippen LogP contribution in [0.1, 0.15) is 25.7 Å². The van der Waals surface area contributed by atoms with Gasteiger partial charge in [0.25, 0.3) is 0 Å². The summed E-state index contributed by atoms with van der Waals surface area (Å²) in [6.45, 7) is 0.900. The highest BCUT2D eigenvalue weighted by molar-refractivity contribution is 5.81. The van der Waals surface area contributed by atoms with Crippen LogP contribution in [-0.2, 0) is 4.79 Å². The number of hydrogen-bond acceptors (Lipinski definition) is 2. The van der Waals surface area contributed by atoms with Crippen molar-refractivity contribution >= 4 is 5.91 Å². The largest absolute Gasteiger partial charge is 0.389 e. The first-order chi connectivity index (χ1) is 6.99. The maximum atomic E-state index is 11.8. The molecule has 0 bridgehead atoms. The van der Waals surface area contributed by atoms with Gasteiger partial charge in [0.15, 0.2) is 0 Å². The summed E-state index contributed by atoms with van der Waals surface area (Å²) in [5.41, 5.74) is 0. The Bertz CT molecular complexity index is 212. The molecule has 1 saturated heterocycles. The second-order valence-corrected chi connectivity index (χ2v) is 3.66. The second kappa shape index (κ2) is 5.34. The molecular weight excluding hydrogens is 209 g/mol. The molecule has 1 atom stereocenters. The van der Waals surface area contributed by atoms with Crippen molar-refractivity contribution in [1.82, 2.24) is 10.6 Å². The zero-order valence-electron chi connectivity index (χ0n) is 8.36. The Morgan fingerprint density at radius 1 is 1.47 bits per heavy atom. The molecule has 0 saturated carbocycles. The van der Waals surface area contributed by atoms with E-state index in [1.165, 1.54) is 0 Å². The van der Waals surface area contributed by atoms with Gasteiger partial charge in [0.2, 0.25) is 5.91 Å². The van der Waals surface area contributed by atoms with Crippen LogP contribution in [-0.4, -0.2) is 31.2 Å². The highest BCUT2D eigenvalue weighted by atomic mass is 19.4. The maximum Gasteiger partial charge on any atom is 0.389 e. The molecule has 0 aromatic heterocycles. The molecule has 1 aliphatic rings. The van der Waals surface area contributed by atoms with Crippen LogP contribution in [0, 0.1) is 0 Å². The lowest BCUT2D eigenvalue weighted by molar-refractivity contribution is -0.136. The topological polar surface area (TPSA) is 41.1 Å². The number of amides is 1. The van der Waals surface area contributed by atoms with E-state index in [2.05, 4.69) is 10.6 Å². The highest BCUT2D eigenvalue weighted by Gasteiger charge is 2.26. The molecule has 0 unspecified atom stereocenters. The van der Waals surface area contributed by atoms with Crippen molar-refractivity contribution in [2.24, 2.45) is 0 Å². The molecule has 88 valence electrons. The van der Waals surface area contributed by atoms with Gasteiger partial charge in [-0.15, -0.1) is 0 Å². The Kier molecular flexibility index (Phi) is 4.38. The Balaban J connectivity index is 2.07. The van der Waals surface area contributed by atoms with Crippen LogP contribution < -0.4 is 10.6 Å². The van der Waals surface area contributed by atoms with Crippen LogP contribution in [0.3, 0.4) is 0 Å². The number of alkyl halides is 3. The van der Waals surface area contributed by atoms with Gasteiger partial charge in [-0.3, -0.25) is 4.79 Å². The second-order valence-electron chi connectivity index (χ2n) is 3.66. The summed E-state index contributed by atoms with van der Waals surface area (Å²) < 4.78 is 35.3. The molecule has 1 rings (SSSR count). The number of rotatable bonds is 4. The molecule has 1 amide bonds. The predicted octanol–water partition coefficient (Wildman–Crippen LogP) is 1.20. The van der Waals surface area contributed by atoms with Crippen molar-refractivity contribution in [2.45, 2.75) is 37.9 Å². The van der Waals surface area contributed by atoms with Gasteiger partial charge in [-0.25, -0.2) is 0 Å². The van der Waals surface area contributed by atoms with Crippen molar-refractivity contribution in [3.05, 3.63) is 0 Å². The fraction of sp³-hybridized carbons (Fsp3) is 0.889. The van der Waals surface area contributed by atoms with Gasteiger partial charge in [-0.05, 0) is 25.8 Å². The van der Waals surface area contributed by atoms with E-state index in [1.54, 1.807) is 0 Å². The van der Waals surface area contributed by atoms with E-state index in [0.29, 0.717) is 0 Å². The van der Waals surface area contributed by atoms with Gasteiger partial charge >= 0.3 is 6.18 Å². The normalized spacial score (nSPS) is 21.7. The molecule has 6 heteroatoms. The quantitative estimate of drug-likeness (QED) is 0.704. The van der Waals surface area contributed by atoms with Crippen molar-refractivity contribution < 1.29 is 18.0 Å². The zero-order valence-corrected chi connectivity index (χ0v) is 8.36. The first-order valence-corrected chi connectivity index (χ1v) is 5.07. The molecular formula is C9H15F3N2O. The number of carbonyl (C=O) groups excluding carboxylic acids is 1. The van der Waals surface area contributed by atoms with E-state index >= 15 is 0 Å². The van der Waals surface area contributed by atoms with Gasteiger partial charge in [0.05, 0.1) is 6.04 Å². The lowest BCUT2D eigenvalue weighted by Crippen LogP contribution is -2.40. The maximum absolute atomic E-state index is 11.8. The molecule has 1 fully saturated rings. The minimum absolute atomic E-state index is 0.0536. The van der Waals surface area contributed by atoms with E-state index in [-0.39, 0.29) is 24.9 Å². The average Bonchev–Trinajstić information content (AvgIpc) is 2.63. The molecule has 0 aromatic carbocycles. The average molecular weight is 224 g/mol.